The molecule has 19 heavy (non-hydrogen) atoms. The molecule has 0 aromatic carbocycles. The summed E-state index contributed by atoms with van der Waals surface area (Å²) in [7, 11) is 0. The zero-order valence-corrected chi connectivity index (χ0v) is 13.0. The summed E-state index contributed by atoms with van der Waals surface area (Å²) in [6.45, 7) is 6.89. The number of aldehydes is 1. The van der Waals surface area contributed by atoms with Gasteiger partial charge in [0, 0.05) is 5.41 Å². The molecule has 1 fully saturated rings. The molecule has 0 aromatic heterocycles. The zero-order chi connectivity index (χ0) is 13.9. The third-order valence-electron chi connectivity index (χ3n) is 5.49. The highest BCUT2D eigenvalue weighted by Crippen LogP contribution is 2.50. The van der Waals surface area contributed by atoms with E-state index in [-0.39, 0.29) is 5.41 Å². The fourth-order valence-electron chi connectivity index (χ4n) is 4.35. The molecule has 0 radical (unpaired) electrons. The van der Waals surface area contributed by atoms with Gasteiger partial charge in [0.25, 0.3) is 0 Å². The van der Waals surface area contributed by atoms with E-state index in [1.54, 1.807) is 5.57 Å². The summed E-state index contributed by atoms with van der Waals surface area (Å²) in [5.74, 6) is 1.91. The minimum atomic E-state index is -0.0408. The van der Waals surface area contributed by atoms with Crippen LogP contribution in [0.15, 0.2) is 11.6 Å². The standard InChI is InChI=1S/C18H30O/c1-14(2)11-16-9-10-18(13-19,15(3)12-16)17-7-5-4-6-8-17/h9,13-15,17H,4-8,10-12H2,1-3H3. The smallest absolute Gasteiger partial charge is 0.127 e. The molecule has 0 heterocycles. The second kappa shape index (κ2) is 6.24. The van der Waals surface area contributed by atoms with Crippen molar-refractivity contribution in [3.8, 4) is 0 Å². The molecule has 1 nitrogen and oxygen atoms in total. The minimum Gasteiger partial charge on any atom is -0.303 e. The lowest BCUT2D eigenvalue weighted by Crippen LogP contribution is -2.41. The minimum absolute atomic E-state index is 0.0408. The Labute approximate surface area is 118 Å². The fraction of sp³-hybridized carbons (Fsp3) is 0.833. The van der Waals surface area contributed by atoms with Crippen molar-refractivity contribution in [1.29, 1.82) is 0 Å². The Balaban J connectivity index is 2.13. The summed E-state index contributed by atoms with van der Waals surface area (Å²) < 4.78 is 0. The van der Waals surface area contributed by atoms with Gasteiger partial charge in [0.05, 0.1) is 0 Å². The van der Waals surface area contributed by atoms with Crippen LogP contribution in [-0.2, 0) is 4.79 Å². The summed E-state index contributed by atoms with van der Waals surface area (Å²) in [5.41, 5.74) is 1.55. The Kier molecular flexibility index (Phi) is 4.86. The zero-order valence-electron chi connectivity index (χ0n) is 13.0. The van der Waals surface area contributed by atoms with E-state index in [1.807, 2.05) is 0 Å². The van der Waals surface area contributed by atoms with Gasteiger partial charge in [0.1, 0.15) is 6.29 Å². The maximum Gasteiger partial charge on any atom is 0.127 e. The van der Waals surface area contributed by atoms with E-state index in [2.05, 4.69) is 26.8 Å². The summed E-state index contributed by atoms with van der Waals surface area (Å²) >= 11 is 0. The van der Waals surface area contributed by atoms with Gasteiger partial charge in [-0.1, -0.05) is 51.7 Å². The predicted octanol–water partition coefficient (Wildman–Crippen LogP) is 5.15. The van der Waals surface area contributed by atoms with E-state index in [9.17, 15) is 4.79 Å². The second-order valence-electron chi connectivity index (χ2n) is 7.33. The number of allylic oxidation sites excluding steroid dienone is 2. The van der Waals surface area contributed by atoms with E-state index in [0.717, 1.165) is 18.8 Å². The fourth-order valence-corrected chi connectivity index (χ4v) is 4.35. The highest BCUT2D eigenvalue weighted by molar-refractivity contribution is 5.62. The summed E-state index contributed by atoms with van der Waals surface area (Å²) in [6, 6.07) is 0. The maximum atomic E-state index is 11.9. The maximum absolute atomic E-state index is 11.9. The Morgan fingerprint density at radius 1 is 1.32 bits per heavy atom. The van der Waals surface area contributed by atoms with Crippen LogP contribution in [0.1, 0.15) is 72.1 Å². The van der Waals surface area contributed by atoms with Crippen molar-refractivity contribution in [2.75, 3.05) is 0 Å². The van der Waals surface area contributed by atoms with Crippen LogP contribution in [-0.4, -0.2) is 6.29 Å². The first-order chi connectivity index (χ1) is 9.08. The van der Waals surface area contributed by atoms with Crippen molar-refractivity contribution >= 4 is 6.29 Å². The lowest BCUT2D eigenvalue weighted by atomic mass is 9.58. The van der Waals surface area contributed by atoms with Crippen molar-refractivity contribution in [1.82, 2.24) is 0 Å². The van der Waals surface area contributed by atoms with Crippen molar-refractivity contribution in [2.24, 2.45) is 23.2 Å². The van der Waals surface area contributed by atoms with Crippen LogP contribution >= 0.6 is 0 Å². The Morgan fingerprint density at radius 3 is 2.53 bits per heavy atom. The van der Waals surface area contributed by atoms with E-state index >= 15 is 0 Å². The molecule has 2 aliphatic carbocycles. The van der Waals surface area contributed by atoms with Crippen LogP contribution in [0, 0.1) is 23.2 Å². The van der Waals surface area contributed by atoms with Crippen LogP contribution in [0.5, 0.6) is 0 Å². The summed E-state index contributed by atoms with van der Waals surface area (Å²) in [5, 5.41) is 0. The third kappa shape index (κ3) is 3.12. The molecule has 108 valence electrons. The molecular formula is C18H30O. The van der Waals surface area contributed by atoms with Crippen molar-refractivity contribution in [3.05, 3.63) is 11.6 Å². The van der Waals surface area contributed by atoms with Gasteiger partial charge in [-0.05, 0) is 49.9 Å². The molecule has 0 amide bonds. The van der Waals surface area contributed by atoms with Gasteiger partial charge < -0.3 is 4.79 Å². The number of rotatable bonds is 4. The van der Waals surface area contributed by atoms with E-state index in [0.29, 0.717) is 11.8 Å². The Morgan fingerprint density at radius 2 is 2.00 bits per heavy atom. The van der Waals surface area contributed by atoms with Gasteiger partial charge in [-0.2, -0.15) is 0 Å². The van der Waals surface area contributed by atoms with Crippen LogP contribution in [0.4, 0.5) is 0 Å². The van der Waals surface area contributed by atoms with Gasteiger partial charge >= 0.3 is 0 Å². The number of hydrogen-bond donors (Lipinski definition) is 0. The molecule has 2 atom stereocenters. The molecule has 1 saturated carbocycles. The van der Waals surface area contributed by atoms with Crippen molar-refractivity contribution < 1.29 is 4.79 Å². The lowest BCUT2D eigenvalue weighted by molar-refractivity contribution is -0.124. The van der Waals surface area contributed by atoms with Gasteiger partial charge in [-0.25, -0.2) is 0 Å². The first-order valence-electron chi connectivity index (χ1n) is 8.22. The Bertz CT molecular complexity index is 336. The monoisotopic (exact) mass is 262 g/mol. The first-order valence-corrected chi connectivity index (χ1v) is 8.22. The molecule has 0 spiro atoms. The number of carbonyl (C=O) groups excluding carboxylic acids is 1. The van der Waals surface area contributed by atoms with Crippen molar-refractivity contribution in [3.63, 3.8) is 0 Å². The normalized spacial score (nSPS) is 33.3. The van der Waals surface area contributed by atoms with Crippen LogP contribution in [0.3, 0.4) is 0 Å². The molecule has 0 bridgehead atoms. The summed E-state index contributed by atoms with van der Waals surface area (Å²) in [4.78, 5) is 11.9. The topological polar surface area (TPSA) is 17.1 Å². The van der Waals surface area contributed by atoms with E-state index < -0.39 is 0 Å². The first kappa shape index (κ1) is 14.8. The molecule has 0 aliphatic heterocycles. The van der Waals surface area contributed by atoms with E-state index in [4.69, 9.17) is 0 Å². The molecule has 0 saturated heterocycles. The van der Waals surface area contributed by atoms with Crippen LogP contribution < -0.4 is 0 Å². The largest absolute Gasteiger partial charge is 0.303 e. The molecule has 1 heteroatoms. The van der Waals surface area contributed by atoms with Crippen LogP contribution in [0.25, 0.3) is 0 Å². The molecule has 2 unspecified atom stereocenters. The van der Waals surface area contributed by atoms with E-state index in [1.165, 1.54) is 44.8 Å². The highest BCUT2D eigenvalue weighted by atomic mass is 16.1. The Hall–Kier alpha value is -0.590. The van der Waals surface area contributed by atoms with Gasteiger partial charge in [0.2, 0.25) is 0 Å². The molecule has 2 rings (SSSR count). The number of hydrogen-bond acceptors (Lipinski definition) is 1. The molecular weight excluding hydrogens is 232 g/mol. The molecule has 0 N–H and O–H groups in total. The third-order valence-corrected chi connectivity index (χ3v) is 5.49. The van der Waals surface area contributed by atoms with Crippen LogP contribution in [0.2, 0.25) is 0 Å². The average Bonchev–Trinajstić information content (AvgIpc) is 2.40. The quantitative estimate of drug-likeness (QED) is 0.505. The van der Waals surface area contributed by atoms with Gasteiger partial charge in [0.15, 0.2) is 0 Å². The number of carbonyl (C=O) groups is 1. The lowest BCUT2D eigenvalue weighted by Gasteiger charge is -2.45. The van der Waals surface area contributed by atoms with Gasteiger partial charge in [-0.3, -0.25) is 0 Å². The summed E-state index contributed by atoms with van der Waals surface area (Å²) in [6.07, 6.45) is 13.7. The average molecular weight is 262 g/mol. The van der Waals surface area contributed by atoms with Crippen molar-refractivity contribution in [2.45, 2.75) is 72.1 Å². The van der Waals surface area contributed by atoms with Gasteiger partial charge in [-0.15, -0.1) is 0 Å². The highest BCUT2D eigenvalue weighted by Gasteiger charge is 2.44. The molecule has 0 aromatic rings. The second-order valence-corrected chi connectivity index (χ2v) is 7.33. The predicted molar refractivity (Wildman–Crippen MR) is 81.0 cm³/mol. The molecule has 2 aliphatic rings. The SMILES string of the molecule is CC(C)CC1=CCC(C=O)(C2CCCCC2)C(C)C1.